The number of H-pyrrole nitrogens is 1. The van der Waals surface area contributed by atoms with Gasteiger partial charge < -0.3 is 14.3 Å². The number of aryl methyl sites for hydroxylation is 1. The van der Waals surface area contributed by atoms with E-state index in [9.17, 15) is 19.5 Å². The van der Waals surface area contributed by atoms with Gasteiger partial charge in [-0.15, -0.1) is 0 Å². The molecule has 0 amide bonds. The van der Waals surface area contributed by atoms with Crippen LogP contribution in [0, 0.1) is 6.92 Å². The first-order valence-corrected chi connectivity index (χ1v) is 15.1. The SMILES string of the molecule is CCCCCCCCCCCCCCCC(=O)CC[N+](C)(C)CC1OC(n2cc(C)c(=O)[nH]c2=O)CC1O. The monoisotopic (exact) mass is 536 g/mol. The summed E-state index contributed by atoms with van der Waals surface area (Å²) < 4.78 is 7.92. The van der Waals surface area contributed by atoms with E-state index in [-0.39, 0.29) is 6.42 Å². The minimum absolute atomic E-state index is 0.286. The molecule has 0 saturated carbocycles. The zero-order chi connectivity index (χ0) is 28.0. The Kier molecular flexibility index (Phi) is 14.5. The number of aromatic amines is 1. The van der Waals surface area contributed by atoms with Crippen LogP contribution in [0.5, 0.6) is 0 Å². The number of ketones is 1. The molecule has 0 aromatic carbocycles. The summed E-state index contributed by atoms with van der Waals surface area (Å²) in [6, 6.07) is 0. The van der Waals surface area contributed by atoms with Crippen LogP contribution in [-0.4, -0.2) is 64.3 Å². The third-order valence-corrected chi connectivity index (χ3v) is 7.89. The second-order valence-electron chi connectivity index (χ2n) is 12.0. The molecule has 2 heterocycles. The number of rotatable bonds is 20. The number of hydrogen-bond donors (Lipinski definition) is 2. The summed E-state index contributed by atoms with van der Waals surface area (Å²) in [5, 5.41) is 10.6. The van der Waals surface area contributed by atoms with Crippen molar-refractivity contribution in [3.05, 3.63) is 32.6 Å². The molecule has 2 N–H and O–H groups in total. The van der Waals surface area contributed by atoms with E-state index in [1.165, 1.54) is 81.4 Å². The van der Waals surface area contributed by atoms with Gasteiger partial charge >= 0.3 is 5.69 Å². The molecule has 3 unspecified atom stereocenters. The van der Waals surface area contributed by atoms with Crippen LogP contribution < -0.4 is 11.2 Å². The van der Waals surface area contributed by atoms with Crippen LogP contribution in [-0.2, 0) is 9.53 Å². The molecule has 1 aromatic rings. The molecule has 8 nitrogen and oxygen atoms in total. The molecule has 8 heteroatoms. The summed E-state index contributed by atoms with van der Waals surface area (Å²) in [6.07, 6.45) is 18.1. The number of aliphatic hydroxyl groups is 1. The number of quaternary nitrogens is 1. The lowest BCUT2D eigenvalue weighted by atomic mass is 10.0. The maximum absolute atomic E-state index is 12.5. The maximum Gasteiger partial charge on any atom is 0.330 e. The van der Waals surface area contributed by atoms with Crippen molar-refractivity contribution in [3.63, 3.8) is 0 Å². The van der Waals surface area contributed by atoms with Crippen LogP contribution in [0.15, 0.2) is 15.8 Å². The molecule has 1 aliphatic heterocycles. The zero-order valence-electron chi connectivity index (χ0n) is 24.5. The van der Waals surface area contributed by atoms with Crippen molar-refractivity contribution in [1.82, 2.24) is 9.55 Å². The van der Waals surface area contributed by atoms with Gasteiger partial charge in [0.2, 0.25) is 0 Å². The fraction of sp³-hybridized carbons (Fsp3) is 0.833. The lowest BCUT2D eigenvalue weighted by molar-refractivity contribution is -0.893. The normalized spacial score (nSPS) is 19.8. The van der Waals surface area contributed by atoms with Crippen LogP contribution in [0.1, 0.15) is 121 Å². The lowest BCUT2D eigenvalue weighted by Crippen LogP contribution is -2.48. The van der Waals surface area contributed by atoms with Gasteiger partial charge in [0.25, 0.3) is 5.56 Å². The number of aliphatic hydroxyl groups excluding tert-OH is 1. The summed E-state index contributed by atoms with van der Waals surface area (Å²) in [7, 11) is 4.08. The molecule has 218 valence electrons. The number of aromatic nitrogens is 2. The second kappa shape index (κ2) is 17.0. The predicted octanol–water partition coefficient (Wildman–Crippen LogP) is 5.01. The molecule has 0 bridgehead atoms. The Morgan fingerprint density at radius 1 is 0.974 bits per heavy atom. The Labute approximate surface area is 229 Å². The van der Waals surface area contributed by atoms with Gasteiger partial charge in [0.05, 0.1) is 33.2 Å². The van der Waals surface area contributed by atoms with E-state index in [0.29, 0.717) is 41.8 Å². The van der Waals surface area contributed by atoms with Gasteiger partial charge in [-0.05, 0) is 13.3 Å². The minimum atomic E-state index is -0.710. The summed E-state index contributed by atoms with van der Waals surface area (Å²) in [6.45, 7) is 5.12. The van der Waals surface area contributed by atoms with E-state index in [0.717, 1.165) is 12.8 Å². The lowest BCUT2D eigenvalue weighted by Gasteiger charge is -2.32. The fourth-order valence-electron chi connectivity index (χ4n) is 5.32. The molecule has 0 spiro atoms. The first-order valence-electron chi connectivity index (χ1n) is 15.1. The zero-order valence-corrected chi connectivity index (χ0v) is 24.5. The second-order valence-corrected chi connectivity index (χ2v) is 12.0. The molecule has 0 aliphatic carbocycles. The van der Waals surface area contributed by atoms with Crippen LogP contribution in [0.4, 0.5) is 0 Å². The van der Waals surface area contributed by atoms with E-state index < -0.39 is 29.7 Å². The highest BCUT2D eigenvalue weighted by Gasteiger charge is 2.39. The Hall–Kier alpha value is -1.77. The third kappa shape index (κ3) is 12.0. The largest absolute Gasteiger partial charge is 0.390 e. The molecule has 0 radical (unpaired) electrons. The van der Waals surface area contributed by atoms with Gasteiger partial charge in [-0.2, -0.15) is 0 Å². The molecular formula is C30H54N3O5+. The molecule has 1 aliphatic rings. The Bertz CT molecular complexity index is 939. The van der Waals surface area contributed by atoms with Crippen molar-refractivity contribution < 1.29 is 19.1 Å². The molecule has 38 heavy (non-hydrogen) atoms. The summed E-state index contributed by atoms with van der Waals surface area (Å²) >= 11 is 0. The number of nitrogens with one attached hydrogen (secondary N) is 1. The van der Waals surface area contributed by atoms with Gasteiger partial charge in [-0.1, -0.05) is 84.0 Å². The quantitative estimate of drug-likeness (QED) is 0.180. The van der Waals surface area contributed by atoms with E-state index in [1.54, 1.807) is 6.92 Å². The average molecular weight is 537 g/mol. The molecular weight excluding hydrogens is 482 g/mol. The highest BCUT2D eigenvalue weighted by atomic mass is 16.5. The highest BCUT2D eigenvalue weighted by molar-refractivity contribution is 5.78. The number of ether oxygens (including phenoxy) is 1. The number of nitrogens with zero attached hydrogens (tertiary/aromatic N) is 2. The number of likely N-dealkylation sites (N-methyl/N-ethyl adjacent to an activating group) is 1. The Morgan fingerprint density at radius 3 is 2.11 bits per heavy atom. The number of carbonyl (C=O) groups excluding carboxylic acids is 1. The standard InChI is InChI=1S/C30H53N3O5/c1-5-6-7-8-9-10-11-12-13-14-15-16-17-18-25(34)19-20-33(3,4)23-27-26(35)21-28(38-27)32-22-24(2)29(36)31-30(32)37/h22,26-28,35H,5-21,23H2,1-4H3/p+1. The number of unbranched alkanes of at least 4 members (excludes halogenated alkanes) is 12. The first kappa shape index (κ1) is 32.4. The van der Waals surface area contributed by atoms with Crippen molar-refractivity contribution >= 4 is 5.78 Å². The topological polar surface area (TPSA) is 101 Å². The van der Waals surface area contributed by atoms with E-state index >= 15 is 0 Å². The summed E-state index contributed by atoms with van der Waals surface area (Å²) in [4.78, 5) is 38.6. The molecule has 1 saturated heterocycles. The van der Waals surface area contributed by atoms with Crippen molar-refractivity contribution in [2.75, 3.05) is 27.2 Å². The maximum atomic E-state index is 12.5. The van der Waals surface area contributed by atoms with E-state index in [4.69, 9.17) is 4.74 Å². The number of hydrogen-bond acceptors (Lipinski definition) is 5. The van der Waals surface area contributed by atoms with Crippen molar-refractivity contribution in [2.24, 2.45) is 0 Å². The molecule has 1 aromatic heterocycles. The van der Waals surface area contributed by atoms with Crippen molar-refractivity contribution in [3.8, 4) is 0 Å². The van der Waals surface area contributed by atoms with Gasteiger partial charge in [-0.3, -0.25) is 19.1 Å². The first-order chi connectivity index (χ1) is 18.1. The van der Waals surface area contributed by atoms with Crippen molar-refractivity contribution in [2.45, 2.75) is 135 Å². The highest BCUT2D eigenvalue weighted by Crippen LogP contribution is 2.29. The average Bonchev–Trinajstić information content (AvgIpc) is 3.22. The minimum Gasteiger partial charge on any atom is -0.390 e. The number of Topliss-reactive ketones (excluding diaryl/α,β-unsaturated/α-hetero) is 1. The van der Waals surface area contributed by atoms with E-state index in [1.807, 2.05) is 14.1 Å². The molecule has 3 atom stereocenters. The van der Waals surface area contributed by atoms with Gasteiger partial charge in [0, 0.05) is 24.6 Å². The smallest absolute Gasteiger partial charge is 0.330 e. The van der Waals surface area contributed by atoms with Crippen LogP contribution in [0.3, 0.4) is 0 Å². The Morgan fingerprint density at radius 2 is 1.53 bits per heavy atom. The molecule has 2 rings (SSSR count). The van der Waals surface area contributed by atoms with Crippen molar-refractivity contribution in [1.29, 1.82) is 0 Å². The fourth-order valence-corrected chi connectivity index (χ4v) is 5.32. The summed E-state index contributed by atoms with van der Waals surface area (Å²) in [5.41, 5.74) is -0.530. The summed E-state index contributed by atoms with van der Waals surface area (Å²) in [5.74, 6) is 0.306. The predicted molar refractivity (Wildman–Crippen MR) is 152 cm³/mol. The van der Waals surface area contributed by atoms with Crippen LogP contribution in [0.25, 0.3) is 0 Å². The number of carbonyl (C=O) groups is 1. The van der Waals surface area contributed by atoms with Crippen LogP contribution >= 0.6 is 0 Å². The van der Waals surface area contributed by atoms with Gasteiger partial charge in [-0.25, -0.2) is 4.79 Å². The molecule has 1 fully saturated rings. The van der Waals surface area contributed by atoms with Crippen LogP contribution in [0.2, 0.25) is 0 Å². The van der Waals surface area contributed by atoms with E-state index in [2.05, 4.69) is 11.9 Å². The Balaban J connectivity index is 1.57. The third-order valence-electron chi connectivity index (χ3n) is 7.89. The van der Waals surface area contributed by atoms with Gasteiger partial charge in [0.15, 0.2) is 0 Å². The van der Waals surface area contributed by atoms with Gasteiger partial charge in [0.1, 0.15) is 24.7 Å².